The minimum absolute atomic E-state index is 0.0718. The lowest BCUT2D eigenvalue weighted by atomic mass is 10.1. The first-order valence-corrected chi connectivity index (χ1v) is 10.1. The molecule has 1 aromatic carbocycles. The van der Waals surface area contributed by atoms with Gasteiger partial charge >= 0.3 is 0 Å². The number of carbonyl (C=O) groups excluding carboxylic acids is 1. The molecular formula is C18H26N4O3S. The predicted octanol–water partition coefficient (Wildman–Crippen LogP) is 1.75. The zero-order valence-electron chi connectivity index (χ0n) is 15.4. The Balaban J connectivity index is 1.72. The predicted molar refractivity (Wildman–Crippen MR) is 100 cm³/mol. The van der Waals surface area contributed by atoms with E-state index in [0.29, 0.717) is 12.1 Å². The van der Waals surface area contributed by atoms with Gasteiger partial charge < -0.3 is 5.32 Å². The Hall–Kier alpha value is -2.19. The van der Waals surface area contributed by atoms with Gasteiger partial charge in [-0.15, -0.1) is 0 Å². The summed E-state index contributed by atoms with van der Waals surface area (Å²) in [6.07, 6.45) is 3.54. The number of benzene rings is 1. The number of aryl methyl sites for hydroxylation is 4. The summed E-state index contributed by atoms with van der Waals surface area (Å²) in [5.74, 6) is -0.169. The zero-order chi connectivity index (χ0) is 19.2. The molecule has 0 atom stereocenters. The van der Waals surface area contributed by atoms with Crippen LogP contribution in [0, 0.1) is 20.8 Å². The maximum Gasteiger partial charge on any atom is 0.240 e. The Morgan fingerprint density at radius 1 is 1.19 bits per heavy atom. The van der Waals surface area contributed by atoms with Crippen molar-refractivity contribution < 1.29 is 13.2 Å². The van der Waals surface area contributed by atoms with Gasteiger partial charge in [-0.1, -0.05) is 12.1 Å². The number of carbonyl (C=O) groups is 1. The summed E-state index contributed by atoms with van der Waals surface area (Å²) in [5.41, 5.74) is 3.74. The van der Waals surface area contributed by atoms with Crippen LogP contribution in [0.3, 0.4) is 0 Å². The average Bonchev–Trinajstić information content (AvgIpc) is 2.98. The molecule has 26 heavy (non-hydrogen) atoms. The SMILES string of the molecule is Cc1ccc(C)c(S(=O)(=O)NCCC(=O)NCCCc2cn[nH]c2C)c1. The number of sulfonamides is 1. The Labute approximate surface area is 154 Å². The fourth-order valence-electron chi connectivity index (χ4n) is 2.60. The van der Waals surface area contributed by atoms with Gasteiger partial charge in [0.05, 0.1) is 11.1 Å². The highest BCUT2D eigenvalue weighted by Crippen LogP contribution is 2.16. The highest BCUT2D eigenvalue weighted by Gasteiger charge is 2.16. The van der Waals surface area contributed by atoms with Crippen LogP contribution in [0.15, 0.2) is 29.3 Å². The fraction of sp³-hybridized carbons (Fsp3) is 0.444. The van der Waals surface area contributed by atoms with Gasteiger partial charge in [-0.05, 0) is 56.4 Å². The summed E-state index contributed by atoms with van der Waals surface area (Å²) < 4.78 is 27.2. The summed E-state index contributed by atoms with van der Waals surface area (Å²) in [6.45, 7) is 6.18. The first-order chi connectivity index (χ1) is 12.3. The monoisotopic (exact) mass is 378 g/mol. The van der Waals surface area contributed by atoms with Crippen LogP contribution in [-0.4, -0.2) is 37.6 Å². The van der Waals surface area contributed by atoms with Crippen LogP contribution in [-0.2, 0) is 21.2 Å². The summed E-state index contributed by atoms with van der Waals surface area (Å²) in [7, 11) is -3.61. The van der Waals surface area contributed by atoms with E-state index >= 15 is 0 Å². The molecule has 0 aliphatic carbocycles. The normalized spacial score (nSPS) is 11.5. The molecule has 0 fully saturated rings. The molecule has 0 aliphatic heterocycles. The van der Waals surface area contributed by atoms with Crippen molar-refractivity contribution in [2.45, 2.75) is 44.9 Å². The highest BCUT2D eigenvalue weighted by atomic mass is 32.2. The van der Waals surface area contributed by atoms with E-state index in [9.17, 15) is 13.2 Å². The third-order valence-corrected chi connectivity index (χ3v) is 5.76. The molecule has 0 aliphatic rings. The first-order valence-electron chi connectivity index (χ1n) is 8.62. The first kappa shape index (κ1) is 20.1. The van der Waals surface area contributed by atoms with Crippen molar-refractivity contribution in [2.75, 3.05) is 13.1 Å². The van der Waals surface area contributed by atoms with Crippen LogP contribution < -0.4 is 10.0 Å². The van der Waals surface area contributed by atoms with Gasteiger partial charge in [0.25, 0.3) is 0 Å². The van der Waals surface area contributed by atoms with Crippen molar-refractivity contribution in [1.29, 1.82) is 0 Å². The van der Waals surface area contributed by atoms with E-state index in [4.69, 9.17) is 0 Å². The molecule has 1 amide bonds. The largest absolute Gasteiger partial charge is 0.356 e. The van der Waals surface area contributed by atoms with E-state index < -0.39 is 10.0 Å². The molecule has 0 radical (unpaired) electrons. The number of nitrogens with zero attached hydrogens (tertiary/aromatic N) is 1. The van der Waals surface area contributed by atoms with Gasteiger partial charge in [0.1, 0.15) is 0 Å². The second-order valence-corrected chi connectivity index (χ2v) is 8.13. The summed E-state index contributed by atoms with van der Waals surface area (Å²) in [5, 5.41) is 9.64. The molecule has 2 rings (SSSR count). The Morgan fingerprint density at radius 3 is 2.65 bits per heavy atom. The maximum absolute atomic E-state index is 12.4. The van der Waals surface area contributed by atoms with E-state index in [2.05, 4.69) is 20.2 Å². The molecule has 142 valence electrons. The molecule has 3 N–H and O–H groups in total. The average molecular weight is 378 g/mol. The van der Waals surface area contributed by atoms with Crippen LogP contribution in [0.4, 0.5) is 0 Å². The summed E-state index contributed by atoms with van der Waals surface area (Å²) in [6, 6.07) is 5.28. The number of hydrogen-bond acceptors (Lipinski definition) is 4. The number of amides is 1. The lowest BCUT2D eigenvalue weighted by Crippen LogP contribution is -2.31. The van der Waals surface area contributed by atoms with E-state index in [1.54, 1.807) is 25.3 Å². The molecule has 0 bridgehead atoms. The fourth-order valence-corrected chi connectivity index (χ4v) is 3.96. The quantitative estimate of drug-likeness (QED) is 0.578. The molecule has 7 nitrogen and oxygen atoms in total. The third-order valence-electron chi connectivity index (χ3n) is 4.16. The van der Waals surface area contributed by atoms with E-state index in [0.717, 1.165) is 29.7 Å². The molecule has 8 heteroatoms. The summed E-state index contributed by atoms with van der Waals surface area (Å²) >= 11 is 0. The zero-order valence-corrected chi connectivity index (χ0v) is 16.2. The highest BCUT2D eigenvalue weighted by molar-refractivity contribution is 7.89. The van der Waals surface area contributed by atoms with Crippen LogP contribution in [0.1, 0.15) is 35.2 Å². The van der Waals surface area contributed by atoms with Gasteiger partial charge in [0.15, 0.2) is 0 Å². The van der Waals surface area contributed by atoms with Crippen LogP contribution in [0.2, 0.25) is 0 Å². The molecule has 0 unspecified atom stereocenters. The minimum Gasteiger partial charge on any atom is -0.356 e. The lowest BCUT2D eigenvalue weighted by Gasteiger charge is -2.10. The lowest BCUT2D eigenvalue weighted by molar-refractivity contribution is -0.120. The number of H-pyrrole nitrogens is 1. The molecule has 0 saturated heterocycles. The topological polar surface area (TPSA) is 104 Å². The van der Waals surface area contributed by atoms with Crippen molar-refractivity contribution in [1.82, 2.24) is 20.2 Å². The van der Waals surface area contributed by atoms with Crippen molar-refractivity contribution >= 4 is 15.9 Å². The Morgan fingerprint density at radius 2 is 1.96 bits per heavy atom. The second kappa shape index (κ2) is 8.95. The van der Waals surface area contributed by atoms with Crippen molar-refractivity contribution in [3.05, 3.63) is 46.8 Å². The van der Waals surface area contributed by atoms with Crippen molar-refractivity contribution in [3.63, 3.8) is 0 Å². The summed E-state index contributed by atoms with van der Waals surface area (Å²) in [4.78, 5) is 12.1. The number of rotatable bonds is 9. The minimum atomic E-state index is -3.61. The van der Waals surface area contributed by atoms with E-state index in [-0.39, 0.29) is 23.8 Å². The smallest absolute Gasteiger partial charge is 0.240 e. The standard InChI is InChI=1S/C18H26N4O3S/c1-13-6-7-14(2)17(11-13)26(24,25)21-10-8-18(23)19-9-4-5-16-12-20-22-15(16)3/h6-7,11-12,21H,4-5,8-10H2,1-3H3,(H,19,23)(H,20,22). The molecule has 2 aromatic rings. The van der Waals surface area contributed by atoms with Gasteiger partial charge in [-0.25, -0.2) is 13.1 Å². The molecule has 1 heterocycles. The molecule has 1 aromatic heterocycles. The maximum atomic E-state index is 12.4. The third kappa shape index (κ3) is 5.67. The van der Waals surface area contributed by atoms with Gasteiger partial charge in [0.2, 0.25) is 15.9 Å². The molecular weight excluding hydrogens is 352 g/mol. The number of aromatic nitrogens is 2. The van der Waals surface area contributed by atoms with E-state index in [1.807, 2.05) is 19.9 Å². The van der Waals surface area contributed by atoms with Crippen LogP contribution in [0.5, 0.6) is 0 Å². The Bertz CT molecular complexity index is 859. The van der Waals surface area contributed by atoms with Crippen molar-refractivity contribution in [2.24, 2.45) is 0 Å². The van der Waals surface area contributed by atoms with Crippen LogP contribution in [0.25, 0.3) is 0 Å². The van der Waals surface area contributed by atoms with Gasteiger partial charge in [-0.2, -0.15) is 5.10 Å². The van der Waals surface area contributed by atoms with Crippen LogP contribution >= 0.6 is 0 Å². The molecule has 0 spiro atoms. The molecule has 0 saturated carbocycles. The second-order valence-electron chi connectivity index (χ2n) is 6.39. The van der Waals surface area contributed by atoms with Crippen molar-refractivity contribution in [3.8, 4) is 0 Å². The van der Waals surface area contributed by atoms with Gasteiger partial charge in [-0.3, -0.25) is 9.89 Å². The number of nitrogens with one attached hydrogen (secondary N) is 3. The Kier molecular flexibility index (Phi) is 6.93. The number of hydrogen-bond donors (Lipinski definition) is 3. The van der Waals surface area contributed by atoms with Gasteiger partial charge in [0, 0.05) is 25.2 Å². The van der Waals surface area contributed by atoms with E-state index in [1.165, 1.54) is 0 Å². The number of aromatic amines is 1.